The fourth-order valence-corrected chi connectivity index (χ4v) is 4.33. The van der Waals surface area contributed by atoms with Gasteiger partial charge in [0.1, 0.15) is 12.9 Å². The van der Waals surface area contributed by atoms with Crippen LogP contribution in [0.2, 0.25) is 10.0 Å². The van der Waals surface area contributed by atoms with Crippen molar-refractivity contribution in [1.29, 1.82) is 0 Å². The van der Waals surface area contributed by atoms with Gasteiger partial charge in [0.2, 0.25) is 0 Å². The summed E-state index contributed by atoms with van der Waals surface area (Å²) in [6.07, 6.45) is -7.16. The minimum atomic E-state index is -4.99. The molecule has 1 saturated carbocycles. The first-order valence-corrected chi connectivity index (χ1v) is 12.6. The molecule has 0 spiro atoms. The number of aromatic nitrogens is 6. The van der Waals surface area contributed by atoms with Gasteiger partial charge in [-0.25, -0.2) is 27.9 Å². The van der Waals surface area contributed by atoms with E-state index in [-0.39, 0.29) is 33.5 Å². The molecule has 5 rings (SSSR count). The number of carbonyl (C=O) groups is 1. The predicted octanol–water partition coefficient (Wildman–Crippen LogP) is 3.71. The van der Waals surface area contributed by atoms with Crippen molar-refractivity contribution >= 4 is 29.1 Å². The van der Waals surface area contributed by atoms with Crippen LogP contribution in [0.15, 0.2) is 53.6 Å². The van der Waals surface area contributed by atoms with Crippen LogP contribution in [-0.2, 0) is 13.1 Å². The number of amides is 1. The Kier molecular flexibility index (Phi) is 7.38. The molecule has 1 amide bonds. The average molecular weight is 618 g/mol. The first-order chi connectivity index (χ1) is 19.2. The molecule has 2 aromatic heterocycles. The van der Waals surface area contributed by atoms with Crippen molar-refractivity contribution in [1.82, 2.24) is 34.4 Å². The molecule has 10 nitrogen and oxygen atoms in total. The molecule has 216 valence electrons. The largest absolute Gasteiger partial charge is 0.416 e. The van der Waals surface area contributed by atoms with Crippen molar-refractivity contribution in [2.45, 2.75) is 43.8 Å². The SMILES string of the molecule is O=C(NC1CC1(F)F)c1cccc(Cl)c1-n1cnc(Cn2nc(-c3ccc(Cl)cc3)n(C[C@@H](O)C(F)(F)F)c2=O)n1. The Labute approximate surface area is 236 Å². The lowest BCUT2D eigenvalue weighted by Gasteiger charge is -2.15. The lowest BCUT2D eigenvalue weighted by molar-refractivity contribution is -0.207. The van der Waals surface area contributed by atoms with Gasteiger partial charge in [0.05, 0.1) is 28.9 Å². The van der Waals surface area contributed by atoms with Crippen molar-refractivity contribution in [3.63, 3.8) is 0 Å². The normalized spacial score (nSPS) is 16.9. The van der Waals surface area contributed by atoms with Crippen LogP contribution in [0.4, 0.5) is 22.0 Å². The highest BCUT2D eigenvalue weighted by molar-refractivity contribution is 6.33. The zero-order valence-corrected chi connectivity index (χ0v) is 22.0. The van der Waals surface area contributed by atoms with Gasteiger partial charge >= 0.3 is 11.9 Å². The highest BCUT2D eigenvalue weighted by atomic mass is 35.5. The van der Waals surface area contributed by atoms with Crippen LogP contribution in [-0.4, -0.2) is 64.4 Å². The van der Waals surface area contributed by atoms with Crippen LogP contribution >= 0.6 is 23.2 Å². The third-order valence-electron chi connectivity index (χ3n) is 6.18. The Hall–Kier alpha value is -3.82. The predicted molar refractivity (Wildman–Crippen MR) is 135 cm³/mol. The van der Waals surface area contributed by atoms with Gasteiger partial charge in [-0.2, -0.15) is 13.2 Å². The Morgan fingerprint density at radius 3 is 2.46 bits per heavy atom. The third-order valence-corrected chi connectivity index (χ3v) is 6.74. The molecule has 4 aromatic rings. The number of hydrogen-bond acceptors (Lipinski definition) is 6. The average Bonchev–Trinajstić information content (AvgIpc) is 3.18. The van der Waals surface area contributed by atoms with E-state index in [4.69, 9.17) is 23.2 Å². The molecular formula is C24H18Cl2F5N7O3. The maximum absolute atomic E-state index is 13.3. The van der Waals surface area contributed by atoms with Crippen molar-refractivity contribution < 1.29 is 31.9 Å². The summed E-state index contributed by atoms with van der Waals surface area (Å²) in [6.45, 7) is -1.54. The third kappa shape index (κ3) is 5.96. The summed E-state index contributed by atoms with van der Waals surface area (Å²) in [6, 6.07) is 8.74. The van der Waals surface area contributed by atoms with Crippen LogP contribution in [0.1, 0.15) is 22.6 Å². The topological polar surface area (TPSA) is 120 Å². The zero-order chi connectivity index (χ0) is 29.7. The number of nitrogens with one attached hydrogen (secondary N) is 1. The second-order valence-electron chi connectivity index (χ2n) is 9.17. The number of rotatable bonds is 8. The van der Waals surface area contributed by atoms with Gasteiger partial charge in [0.25, 0.3) is 11.8 Å². The number of nitrogens with zero attached hydrogens (tertiary/aromatic N) is 6. The van der Waals surface area contributed by atoms with Gasteiger partial charge in [-0.1, -0.05) is 29.3 Å². The fraction of sp³-hybridized carbons (Fsp3) is 0.292. The highest BCUT2D eigenvalue weighted by Crippen LogP contribution is 2.42. The van der Waals surface area contributed by atoms with Crippen LogP contribution < -0.4 is 11.0 Å². The molecule has 2 aromatic carbocycles. The molecule has 17 heteroatoms. The van der Waals surface area contributed by atoms with E-state index in [9.17, 15) is 36.6 Å². The summed E-state index contributed by atoms with van der Waals surface area (Å²) in [7, 11) is 0. The van der Waals surface area contributed by atoms with Crippen molar-refractivity contribution in [2.75, 3.05) is 0 Å². The second kappa shape index (κ2) is 10.5. The van der Waals surface area contributed by atoms with E-state index in [2.05, 4.69) is 20.5 Å². The summed E-state index contributed by atoms with van der Waals surface area (Å²) >= 11 is 12.2. The number of halogens is 7. The number of para-hydroxylation sites is 1. The first kappa shape index (κ1) is 28.7. The molecule has 2 heterocycles. The highest BCUT2D eigenvalue weighted by Gasteiger charge is 2.58. The second-order valence-corrected chi connectivity index (χ2v) is 10.0. The van der Waals surface area contributed by atoms with Crippen molar-refractivity contribution in [3.8, 4) is 17.1 Å². The molecule has 0 radical (unpaired) electrons. The van der Waals surface area contributed by atoms with Crippen LogP contribution in [0.5, 0.6) is 0 Å². The molecule has 0 saturated heterocycles. The Morgan fingerprint density at radius 2 is 1.83 bits per heavy atom. The van der Waals surface area contributed by atoms with Crippen LogP contribution in [0.25, 0.3) is 17.1 Å². The van der Waals surface area contributed by atoms with Crippen LogP contribution in [0.3, 0.4) is 0 Å². The lowest BCUT2D eigenvalue weighted by Crippen LogP contribution is -2.37. The van der Waals surface area contributed by atoms with Crippen molar-refractivity contribution in [3.05, 3.63) is 80.7 Å². The molecule has 2 atom stereocenters. The van der Waals surface area contributed by atoms with Crippen LogP contribution in [0, 0.1) is 0 Å². The Balaban J connectivity index is 1.46. The number of benzene rings is 2. The van der Waals surface area contributed by atoms with Gasteiger partial charge in [-0.15, -0.1) is 10.2 Å². The van der Waals surface area contributed by atoms with E-state index in [1.54, 1.807) is 0 Å². The Morgan fingerprint density at radius 1 is 1.15 bits per heavy atom. The smallest absolute Gasteiger partial charge is 0.382 e. The molecule has 0 aliphatic heterocycles. The molecular weight excluding hydrogens is 600 g/mol. The fourth-order valence-electron chi connectivity index (χ4n) is 3.95. The number of carbonyl (C=O) groups excluding carboxylic acids is 1. The maximum Gasteiger partial charge on any atom is 0.416 e. The Bertz CT molecular complexity index is 1670. The number of aliphatic hydroxyl groups excluding tert-OH is 1. The number of alkyl halides is 5. The molecule has 1 aliphatic rings. The van der Waals surface area contributed by atoms with Gasteiger partial charge < -0.3 is 10.4 Å². The molecule has 1 fully saturated rings. The number of hydrogen-bond donors (Lipinski definition) is 2. The quantitative estimate of drug-likeness (QED) is 0.291. The summed E-state index contributed by atoms with van der Waals surface area (Å²) in [5.74, 6) is -4.02. The van der Waals surface area contributed by atoms with E-state index in [1.165, 1.54) is 42.5 Å². The molecule has 2 N–H and O–H groups in total. The molecule has 1 unspecified atom stereocenters. The van der Waals surface area contributed by atoms with Gasteiger partial charge in [-0.3, -0.25) is 9.36 Å². The first-order valence-electron chi connectivity index (χ1n) is 11.8. The van der Waals surface area contributed by atoms with E-state index in [1.807, 2.05) is 0 Å². The molecule has 0 bridgehead atoms. The van der Waals surface area contributed by atoms with Gasteiger partial charge in [-0.05, 0) is 36.4 Å². The monoisotopic (exact) mass is 617 g/mol. The molecule has 41 heavy (non-hydrogen) atoms. The van der Waals surface area contributed by atoms with E-state index in [0.717, 1.165) is 15.7 Å². The minimum absolute atomic E-state index is 0.0300. The summed E-state index contributed by atoms with van der Waals surface area (Å²) in [4.78, 5) is 29.9. The van der Waals surface area contributed by atoms with Crippen molar-refractivity contribution in [2.24, 2.45) is 0 Å². The van der Waals surface area contributed by atoms with E-state index in [0.29, 0.717) is 9.59 Å². The zero-order valence-electron chi connectivity index (χ0n) is 20.5. The summed E-state index contributed by atoms with van der Waals surface area (Å²) in [5, 5.41) is 20.6. The van der Waals surface area contributed by atoms with Gasteiger partial charge in [0.15, 0.2) is 17.8 Å². The van der Waals surface area contributed by atoms with E-state index < -0.39 is 55.4 Å². The maximum atomic E-state index is 13.3. The molecule has 1 aliphatic carbocycles. The number of aliphatic hydroxyl groups is 1. The lowest BCUT2D eigenvalue weighted by atomic mass is 10.1. The van der Waals surface area contributed by atoms with E-state index >= 15 is 0 Å². The minimum Gasteiger partial charge on any atom is -0.382 e. The summed E-state index contributed by atoms with van der Waals surface area (Å²) < 4.78 is 68.5. The van der Waals surface area contributed by atoms with Gasteiger partial charge in [0, 0.05) is 17.0 Å². The summed E-state index contributed by atoms with van der Waals surface area (Å²) in [5.41, 5.74) is -0.768. The standard InChI is InChI=1S/C24H18Cl2F5N7O3/c25-13-6-4-12(5-7-13)20-35-37(22(41)36(20)9-17(39)24(29,30)31)10-18-32-11-38(34-18)19-14(2-1-3-15(19)26)21(40)33-16-8-23(16,27)28/h1-7,11,16-17,39H,8-10H2,(H,33,40)/t16?,17-/m1/s1.